The molecule has 0 bridgehead atoms. The highest BCUT2D eigenvalue weighted by Crippen LogP contribution is 2.36. The Bertz CT molecular complexity index is 1240. The van der Waals surface area contributed by atoms with Crippen LogP contribution in [0.2, 0.25) is 0 Å². The third-order valence-corrected chi connectivity index (χ3v) is 6.03. The molecule has 3 aromatic carbocycles. The van der Waals surface area contributed by atoms with Gasteiger partial charge < -0.3 is 9.47 Å². The summed E-state index contributed by atoms with van der Waals surface area (Å²) in [5, 5.41) is 0. The summed E-state index contributed by atoms with van der Waals surface area (Å²) in [6, 6.07) is 21.2. The molecule has 0 saturated heterocycles. The van der Waals surface area contributed by atoms with Crippen molar-refractivity contribution in [3.8, 4) is 16.9 Å². The van der Waals surface area contributed by atoms with Gasteiger partial charge in [-0.2, -0.15) is 0 Å². The zero-order chi connectivity index (χ0) is 23.4. The van der Waals surface area contributed by atoms with E-state index in [1.807, 2.05) is 61.5 Å². The van der Waals surface area contributed by atoms with Crippen LogP contribution in [0, 0.1) is 0 Å². The van der Waals surface area contributed by atoms with Crippen LogP contribution in [0.5, 0.6) is 5.75 Å². The van der Waals surface area contributed by atoms with Gasteiger partial charge in [0.05, 0.1) is 8.95 Å². The van der Waals surface area contributed by atoms with Crippen molar-refractivity contribution in [3.63, 3.8) is 0 Å². The number of hydrogen-bond acceptors (Lipinski definition) is 5. The highest BCUT2D eigenvalue weighted by molar-refractivity contribution is 9.11. The zero-order valence-corrected chi connectivity index (χ0v) is 20.9. The predicted molar refractivity (Wildman–Crippen MR) is 135 cm³/mol. The summed E-state index contributed by atoms with van der Waals surface area (Å²) in [6.45, 7) is 1.91. The Hall–Kier alpha value is -3.03. The van der Waals surface area contributed by atoms with Gasteiger partial charge in [-0.1, -0.05) is 49.4 Å². The molecule has 1 aliphatic rings. The molecule has 0 amide bonds. The first-order chi connectivity index (χ1) is 15.9. The second-order valence-electron chi connectivity index (χ2n) is 7.32. The maximum Gasteiger partial charge on any atom is 0.363 e. The second kappa shape index (κ2) is 10.3. The summed E-state index contributed by atoms with van der Waals surface area (Å²) in [6.07, 6.45) is 2.66. The molecule has 0 spiro atoms. The van der Waals surface area contributed by atoms with Gasteiger partial charge in [0.15, 0.2) is 11.4 Å². The first kappa shape index (κ1) is 23.1. The molecular formula is C26H19Br2NO4. The maximum absolute atomic E-state index is 12.4. The Balaban J connectivity index is 1.56. The zero-order valence-electron chi connectivity index (χ0n) is 17.7. The number of hydrogen-bond donors (Lipinski definition) is 0. The summed E-state index contributed by atoms with van der Waals surface area (Å²) < 4.78 is 12.0. The Morgan fingerprint density at radius 2 is 1.58 bits per heavy atom. The summed E-state index contributed by atoms with van der Waals surface area (Å²) in [7, 11) is 0. The van der Waals surface area contributed by atoms with Crippen molar-refractivity contribution in [1.29, 1.82) is 0 Å². The van der Waals surface area contributed by atoms with Crippen LogP contribution < -0.4 is 4.74 Å². The third kappa shape index (κ3) is 5.49. The van der Waals surface area contributed by atoms with Crippen molar-refractivity contribution >= 4 is 55.8 Å². The van der Waals surface area contributed by atoms with Gasteiger partial charge in [0.1, 0.15) is 0 Å². The van der Waals surface area contributed by atoms with Gasteiger partial charge in [-0.05, 0) is 85.3 Å². The normalized spacial score (nSPS) is 14.2. The number of aliphatic imine (C=N–C) groups is 1. The Morgan fingerprint density at radius 3 is 2.21 bits per heavy atom. The smallest absolute Gasteiger partial charge is 0.363 e. The van der Waals surface area contributed by atoms with E-state index in [0.717, 1.165) is 11.1 Å². The summed E-state index contributed by atoms with van der Waals surface area (Å²) in [5.74, 6) is -0.180. The average Bonchev–Trinajstić information content (AvgIpc) is 3.17. The van der Waals surface area contributed by atoms with Crippen molar-refractivity contribution in [1.82, 2.24) is 0 Å². The first-order valence-corrected chi connectivity index (χ1v) is 11.9. The first-order valence-electron chi connectivity index (χ1n) is 10.3. The number of cyclic esters (lactones) is 1. The van der Waals surface area contributed by atoms with Gasteiger partial charge >= 0.3 is 11.9 Å². The molecule has 7 heteroatoms. The number of nitrogens with zero attached hydrogens (tertiary/aromatic N) is 1. The molecule has 0 radical (unpaired) electrons. The van der Waals surface area contributed by atoms with Crippen LogP contribution in [0.25, 0.3) is 17.2 Å². The SMILES string of the molecule is CCCC(=O)Oc1c(Br)cc(/C=C2\N=C(c3ccc(-c4ccccc4)cc3)OC2=O)cc1Br. The Labute approximate surface area is 208 Å². The van der Waals surface area contributed by atoms with E-state index in [0.29, 0.717) is 38.7 Å². The van der Waals surface area contributed by atoms with E-state index in [2.05, 4.69) is 36.9 Å². The van der Waals surface area contributed by atoms with Gasteiger partial charge in [-0.25, -0.2) is 9.79 Å². The quantitative estimate of drug-likeness (QED) is 0.184. The fraction of sp³-hybridized carbons (Fsp3) is 0.115. The second-order valence-corrected chi connectivity index (χ2v) is 9.03. The van der Waals surface area contributed by atoms with E-state index in [-0.39, 0.29) is 17.6 Å². The van der Waals surface area contributed by atoms with Crippen LogP contribution in [0.15, 0.2) is 86.4 Å². The highest BCUT2D eigenvalue weighted by Gasteiger charge is 2.24. The van der Waals surface area contributed by atoms with Gasteiger partial charge in [-0.3, -0.25) is 4.79 Å². The molecule has 0 unspecified atom stereocenters. The van der Waals surface area contributed by atoms with Crippen LogP contribution in [0.3, 0.4) is 0 Å². The fourth-order valence-electron chi connectivity index (χ4n) is 3.26. The molecule has 0 fully saturated rings. The van der Waals surface area contributed by atoms with Crippen molar-refractivity contribution in [2.45, 2.75) is 19.8 Å². The Morgan fingerprint density at radius 1 is 0.970 bits per heavy atom. The number of carbonyl (C=O) groups excluding carboxylic acids is 2. The molecule has 0 N–H and O–H groups in total. The number of benzene rings is 3. The standard InChI is InChI=1S/C26H19Br2NO4/c1-2-6-23(30)32-24-20(27)13-16(14-21(24)28)15-22-26(31)33-25(29-22)19-11-9-18(10-12-19)17-7-4-3-5-8-17/h3-5,7-15H,2,6H2,1H3/b22-15-. The van der Waals surface area contributed by atoms with Crippen LogP contribution in [0.4, 0.5) is 0 Å². The molecule has 5 nitrogen and oxygen atoms in total. The molecule has 1 aliphatic heterocycles. The highest BCUT2D eigenvalue weighted by atomic mass is 79.9. The fourth-order valence-corrected chi connectivity index (χ4v) is 4.64. The summed E-state index contributed by atoms with van der Waals surface area (Å²) in [4.78, 5) is 28.6. The lowest BCUT2D eigenvalue weighted by molar-refractivity contribution is -0.134. The molecule has 1 heterocycles. The number of rotatable bonds is 6. The third-order valence-electron chi connectivity index (χ3n) is 4.85. The minimum Gasteiger partial charge on any atom is -0.424 e. The molecule has 0 aliphatic carbocycles. The van der Waals surface area contributed by atoms with E-state index in [4.69, 9.17) is 9.47 Å². The largest absolute Gasteiger partial charge is 0.424 e. The minimum atomic E-state index is -0.525. The minimum absolute atomic E-state index is 0.187. The van der Waals surface area contributed by atoms with Crippen LogP contribution in [0.1, 0.15) is 30.9 Å². The molecule has 0 saturated carbocycles. The van der Waals surface area contributed by atoms with Gasteiger partial charge in [0, 0.05) is 12.0 Å². The van der Waals surface area contributed by atoms with Gasteiger partial charge in [0.2, 0.25) is 5.90 Å². The molecule has 33 heavy (non-hydrogen) atoms. The molecule has 166 valence electrons. The monoisotopic (exact) mass is 567 g/mol. The van der Waals surface area contributed by atoms with Crippen molar-refractivity contribution < 1.29 is 19.1 Å². The van der Waals surface area contributed by atoms with Gasteiger partial charge in [-0.15, -0.1) is 0 Å². The predicted octanol–water partition coefficient (Wildman–Crippen LogP) is 6.93. The molecule has 0 atom stereocenters. The van der Waals surface area contributed by atoms with E-state index in [1.54, 1.807) is 18.2 Å². The number of halogens is 2. The molecule has 3 aromatic rings. The molecular weight excluding hydrogens is 550 g/mol. The van der Waals surface area contributed by atoms with E-state index < -0.39 is 5.97 Å². The van der Waals surface area contributed by atoms with E-state index in [9.17, 15) is 9.59 Å². The van der Waals surface area contributed by atoms with Gasteiger partial charge in [0.25, 0.3) is 0 Å². The van der Waals surface area contributed by atoms with Crippen LogP contribution in [-0.4, -0.2) is 17.8 Å². The summed E-state index contributed by atoms with van der Waals surface area (Å²) >= 11 is 6.86. The average molecular weight is 569 g/mol. The lowest BCUT2D eigenvalue weighted by Crippen LogP contribution is -2.08. The number of esters is 2. The maximum atomic E-state index is 12.4. The van der Waals surface area contributed by atoms with Crippen LogP contribution in [-0.2, 0) is 14.3 Å². The number of carbonyl (C=O) groups is 2. The van der Waals surface area contributed by atoms with E-state index >= 15 is 0 Å². The lowest BCUT2D eigenvalue weighted by Gasteiger charge is -2.09. The molecule has 4 rings (SSSR count). The Kier molecular flexibility index (Phi) is 7.20. The van der Waals surface area contributed by atoms with Crippen molar-refractivity contribution in [2.75, 3.05) is 0 Å². The van der Waals surface area contributed by atoms with Crippen molar-refractivity contribution in [3.05, 3.63) is 92.5 Å². The topological polar surface area (TPSA) is 65.0 Å². The molecule has 0 aromatic heterocycles. The van der Waals surface area contributed by atoms with Crippen LogP contribution >= 0.6 is 31.9 Å². The summed E-state index contributed by atoms with van der Waals surface area (Å²) in [5.41, 5.74) is 3.77. The van der Waals surface area contributed by atoms with Crippen molar-refractivity contribution in [2.24, 2.45) is 4.99 Å². The number of ether oxygens (including phenoxy) is 2. The van der Waals surface area contributed by atoms with E-state index in [1.165, 1.54) is 0 Å². The lowest BCUT2D eigenvalue weighted by atomic mass is 10.0.